The summed E-state index contributed by atoms with van der Waals surface area (Å²) in [7, 11) is 0. The zero-order valence-corrected chi connectivity index (χ0v) is 14.5. The molecule has 0 atom stereocenters. The molecule has 1 aromatic heterocycles. The van der Waals surface area contributed by atoms with Crippen LogP contribution in [0.3, 0.4) is 0 Å². The second kappa shape index (κ2) is 7.94. The molecule has 0 bridgehead atoms. The zero-order chi connectivity index (χ0) is 17.6. The molecule has 132 valence electrons. The number of carbonyl (C=O) groups is 1. The fraction of sp³-hybridized carbons (Fsp3) is 0.389. The van der Waals surface area contributed by atoms with Gasteiger partial charge in [0.1, 0.15) is 0 Å². The molecule has 1 aliphatic rings. The van der Waals surface area contributed by atoms with Gasteiger partial charge in [-0.05, 0) is 30.2 Å². The first-order valence-electron chi connectivity index (χ1n) is 8.58. The summed E-state index contributed by atoms with van der Waals surface area (Å²) < 4.78 is 0. The standard InChI is InChI=1S/C18H24N6O/c1-2-14-4-5-15(12-16(14)19)22-17(25)13-23-8-10-24(11-9-23)18-20-6-3-7-21-18/h3-7,12H,2,8-11,13,19H2,1H3,(H,22,25). The van der Waals surface area contributed by atoms with Gasteiger partial charge < -0.3 is 16.0 Å². The average Bonchev–Trinajstić information content (AvgIpc) is 2.63. The molecule has 1 fully saturated rings. The van der Waals surface area contributed by atoms with Gasteiger partial charge in [0.25, 0.3) is 0 Å². The highest BCUT2D eigenvalue weighted by atomic mass is 16.2. The number of nitrogens with one attached hydrogen (secondary N) is 1. The monoisotopic (exact) mass is 340 g/mol. The quantitative estimate of drug-likeness (QED) is 0.800. The van der Waals surface area contributed by atoms with E-state index < -0.39 is 0 Å². The minimum Gasteiger partial charge on any atom is -0.398 e. The molecule has 1 amide bonds. The highest BCUT2D eigenvalue weighted by Gasteiger charge is 2.20. The Kier molecular flexibility index (Phi) is 5.45. The topological polar surface area (TPSA) is 87.4 Å². The Labute approximate surface area is 147 Å². The van der Waals surface area contributed by atoms with Crippen LogP contribution < -0.4 is 16.0 Å². The number of rotatable bonds is 5. The molecule has 1 aromatic carbocycles. The van der Waals surface area contributed by atoms with Crippen LogP contribution in [-0.4, -0.2) is 53.5 Å². The number of hydrogen-bond donors (Lipinski definition) is 2. The lowest BCUT2D eigenvalue weighted by molar-refractivity contribution is -0.117. The van der Waals surface area contributed by atoms with Gasteiger partial charge in [-0.25, -0.2) is 9.97 Å². The Bertz CT molecular complexity index is 713. The maximum atomic E-state index is 12.3. The Morgan fingerprint density at radius 3 is 2.56 bits per heavy atom. The number of anilines is 3. The Hall–Kier alpha value is -2.67. The molecular formula is C18H24N6O. The van der Waals surface area contributed by atoms with E-state index in [0.717, 1.165) is 55.5 Å². The summed E-state index contributed by atoms with van der Waals surface area (Å²) in [6, 6.07) is 7.49. The number of amides is 1. The summed E-state index contributed by atoms with van der Waals surface area (Å²) in [4.78, 5) is 25.1. The second-order valence-electron chi connectivity index (χ2n) is 6.13. The second-order valence-corrected chi connectivity index (χ2v) is 6.13. The molecule has 2 heterocycles. The van der Waals surface area contributed by atoms with Crippen molar-refractivity contribution in [3.8, 4) is 0 Å². The van der Waals surface area contributed by atoms with Gasteiger partial charge in [-0.15, -0.1) is 0 Å². The first kappa shape index (κ1) is 17.2. The number of piperazine rings is 1. The lowest BCUT2D eigenvalue weighted by atomic mass is 10.1. The molecular weight excluding hydrogens is 316 g/mol. The molecule has 3 N–H and O–H groups in total. The van der Waals surface area contributed by atoms with Gasteiger partial charge in [0.15, 0.2) is 0 Å². The molecule has 1 saturated heterocycles. The molecule has 1 aliphatic heterocycles. The van der Waals surface area contributed by atoms with Crippen molar-refractivity contribution in [3.05, 3.63) is 42.2 Å². The zero-order valence-electron chi connectivity index (χ0n) is 14.5. The van der Waals surface area contributed by atoms with E-state index in [1.165, 1.54) is 0 Å². The number of nitrogen functional groups attached to an aromatic ring is 1. The van der Waals surface area contributed by atoms with Gasteiger partial charge in [-0.1, -0.05) is 13.0 Å². The van der Waals surface area contributed by atoms with E-state index in [4.69, 9.17) is 5.73 Å². The van der Waals surface area contributed by atoms with Gasteiger partial charge in [0, 0.05) is 49.9 Å². The van der Waals surface area contributed by atoms with Crippen molar-refractivity contribution in [2.75, 3.05) is 48.7 Å². The summed E-state index contributed by atoms with van der Waals surface area (Å²) >= 11 is 0. The summed E-state index contributed by atoms with van der Waals surface area (Å²) in [6.45, 7) is 5.68. The summed E-state index contributed by atoms with van der Waals surface area (Å²) in [5, 5.41) is 2.93. The molecule has 0 unspecified atom stereocenters. The number of aryl methyl sites for hydroxylation is 1. The van der Waals surface area contributed by atoms with Crippen molar-refractivity contribution in [2.24, 2.45) is 0 Å². The number of carbonyl (C=O) groups excluding carboxylic acids is 1. The van der Waals surface area contributed by atoms with Gasteiger partial charge >= 0.3 is 0 Å². The molecule has 0 aliphatic carbocycles. The van der Waals surface area contributed by atoms with E-state index in [1.807, 2.05) is 24.3 Å². The highest BCUT2D eigenvalue weighted by Crippen LogP contribution is 2.18. The van der Waals surface area contributed by atoms with Gasteiger partial charge in [-0.3, -0.25) is 9.69 Å². The average molecular weight is 340 g/mol. The maximum absolute atomic E-state index is 12.3. The minimum absolute atomic E-state index is 0.0203. The minimum atomic E-state index is -0.0203. The van der Waals surface area contributed by atoms with Crippen LogP contribution in [0.15, 0.2) is 36.7 Å². The first-order valence-corrected chi connectivity index (χ1v) is 8.58. The molecule has 0 spiro atoms. The van der Waals surface area contributed by atoms with Crippen LogP contribution in [0.25, 0.3) is 0 Å². The van der Waals surface area contributed by atoms with Crippen molar-refractivity contribution in [2.45, 2.75) is 13.3 Å². The Balaban J connectivity index is 1.49. The third kappa shape index (κ3) is 4.45. The predicted molar refractivity (Wildman–Crippen MR) is 99.5 cm³/mol. The van der Waals surface area contributed by atoms with Gasteiger partial charge in [0.2, 0.25) is 11.9 Å². The fourth-order valence-corrected chi connectivity index (χ4v) is 2.96. The van der Waals surface area contributed by atoms with Gasteiger partial charge in [0.05, 0.1) is 6.54 Å². The smallest absolute Gasteiger partial charge is 0.238 e. The number of hydrogen-bond acceptors (Lipinski definition) is 6. The first-order chi connectivity index (χ1) is 12.2. The lowest BCUT2D eigenvalue weighted by Crippen LogP contribution is -2.49. The van der Waals surface area contributed by atoms with E-state index in [-0.39, 0.29) is 5.91 Å². The number of aromatic nitrogens is 2. The molecule has 0 radical (unpaired) electrons. The van der Waals surface area contributed by atoms with E-state index >= 15 is 0 Å². The SMILES string of the molecule is CCc1ccc(NC(=O)CN2CCN(c3ncccn3)CC2)cc1N. The van der Waals surface area contributed by atoms with E-state index in [0.29, 0.717) is 6.54 Å². The third-order valence-corrected chi connectivity index (χ3v) is 4.39. The van der Waals surface area contributed by atoms with Crippen LogP contribution in [0.4, 0.5) is 17.3 Å². The Morgan fingerprint density at radius 1 is 1.20 bits per heavy atom. The van der Waals surface area contributed by atoms with Crippen molar-refractivity contribution in [1.29, 1.82) is 0 Å². The largest absolute Gasteiger partial charge is 0.398 e. The summed E-state index contributed by atoms with van der Waals surface area (Å²) in [6.07, 6.45) is 4.38. The number of nitrogens with two attached hydrogens (primary N) is 1. The molecule has 7 heteroatoms. The predicted octanol–water partition coefficient (Wildman–Crippen LogP) is 1.38. The van der Waals surface area contributed by atoms with E-state index in [9.17, 15) is 4.79 Å². The molecule has 2 aromatic rings. The van der Waals surface area contributed by atoms with Crippen molar-refractivity contribution < 1.29 is 4.79 Å². The normalized spacial score (nSPS) is 15.2. The highest BCUT2D eigenvalue weighted by molar-refractivity contribution is 5.92. The van der Waals surface area contributed by atoms with E-state index in [2.05, 4.69) is 32.0 Å². The van der Waals surface area contributed by atoms with Gasteiger partial charge in [-0.2, -0.15) is 0 Å². The number of benzene rings is 1. The van der Waals surface area contributed by atoms with Crippen LogP contribution in [0, 0.1) is 0 Å². The van der Waals surface area contributed by atoms with Crippen molar-refractivity contribution in [1.82, 2.24) is 14.9 Å². The summed E-state index contributed by atoms with van der Waals surface area (Å²) in [5.74, 6) is 0.728. The van der Waals surface area contributed by atoms with Crippen LogP contribution >= 0.6 is 0 Å². The Morgan fingerprint density at radius 2 is 1.92 bits per heavy atom. The van der Waals surface area contributed by atoms with Crippen molar-refractivity contribution >= 4 is 23.2 Å². The van der Waals surface area contributed by atoms with Crippen LogP contribution in [0.1, 0.15) is 12.5 Å². The van der Waals surface area contributed by atoms with E-state index in [1.54, 1.807) is 12.4 Å². The number of nitrogens with zero attached hydrogens (tertiary/aromatic N) is 4. The fourth-order valence-electron chi connectivity index (χ4n) is 2.96. The van der Waals surface area contributed by atoms with Crippen LogP contribution in [0.5, 0.6) is 0 Å². The summed E-state index contributed by atoms with van der Waals surface area (Å²) in [5.41, 5.74) is 8.54. The molecule has 25 heavy (non-hydrogen) atoms. The lowest BCUT2D eigenvalue weighted by Gasteiger charge is -2.34. The molecule has 0 saturated carbocycles. The van der Waals surface area contributed by atoms with Crippen molar-refractivity contribution in [3.63, 3.8) is 0 Å². The van der Waals surface area contributed by atoms with Crippen LogP contribution in [0.2, 0.25) is 0 Å². The molecule has 7 nitrogen and oxygen atoms in total. The van der Waals surface area contributed by atoms with Crippen LogP contribution in [-0.2, 0) is 11.2 Å². The third-order valence-electron chi connectivity index (χ3n) is 4.39. The molecule has 3 rings (SSSR count). The maximum Gasteiger partial charge on any atom is 0.238 e.